The zero-order valence-electron chi connectivity index (χ0n) is 29.5. The largest absolute Gasteiger partial charge is 0.388 e. The van der Waals surface area contributed by atoms with Crippen LogP contribution in [0.5, 0.6) is 0 Å². The Morgan fingerprint density at radius 3 is 1.75 bits per heavy atom. The second-order valence-electron chi connectivity index (χ2n) is 12.6. The summed E-state index contributed by atoms with van der Waals surface area (Å²) in [5, 5.41) is 26.6. The normalized spacial score (nSPS) is 11.0. The van der Waals surface area contributed by atoms with Crippen molar-refractivity contribution in [3.63, 3.8) is 0 Å². The highest BCUT2D eigenvalue weighted by Crippen LogP contribution is 2.25. The van der Waals surface area contributed by atoms with Crippen LogP contribution in [0.25, 0.3) is 10.9 Å². The Labute approximate surface area is 297 Å². The van der Waals surface area contributed by atoms with Gasteiger partial charge in [-0.2, -0.15) is 0 Å². The topological polar surface area (TPSA) is 231 Å². The van der Waals surface area contributed by atoms with Gasteiger partial charge in [0.25, 0.3) is 23.6 Å². The molecule has 0 aliphatic carbocycles. The molecule has 1 aromatic carbocycles. The smallest absolute Gasteiger partial charge is 0.272 e. The summed E-state index contributed by atoms with van der Waals surface area (Å²) in [6, 6.07) is 10.2. The lowest BCUT2D eigenvalue weighted by Gasteiger charge is -2.11. The van der Waals surface area contributed by atoms with Gasteiger partial charge in [0.1, 0.15) is 17.1 Å². The third-order valence-electron chi connectivity index (χ3n) is 8.48. The van der Waals surface area contributed by atoms with E-state index in [1.165, 1.54) is 12.8 Å². The highest BCUT2D eigenvalue weighted by molar-refractivity contribution is 6.10. The number of carbonyl (C=O) groups excluding carboxylic acids is 4. The van der Waals surface area contributed by atoms with Gasteiger partial charge in [-0.25, -0.2) is 0 Å². The second kappa shape index (κ2) is 17.7. The summed E-state index contributed by atoms with van der Waals surface area (Å²) in [6.45, 7) is 3.25. The number of rotatable bonds is 19. The van der Waals surface area contributed by atoms with Crippen molar-refractivity contribution in [3.8, 4) is 0 Å². The summed E-state index contributed by atoms with van der Waals surface area (Å²) < 4.78 is 5.19. The van der Waals surface area contributed by atoms with Crippen LogP contribution in [0.2, 0.25) is 0 Å². The molecule has 0 atom stereocenters. The Morgan fingerprint density at radius 2 is 1.20 bits per heavy atom. The average Bonchev–Trinajstić information content (AvgIpc) is 3.75. The minimum Gasteiger partial charge on any atom is -0.388 e. The standard InChI is InChI=1S/C36H49N11O4/c1-4-5-6-7-8-9-16-47-27-11-10-23(33(48)43-25-19-28(45(2)21-25)34(49)41-14-12-31(37)38)17-24(27)18-30(47)36(51)44-26-20-29(46(3)22-26)35(50)42-15-13-32(39)40/h10-11,17-22H,4-9,12-16H2,1-3H3,(H3,37,38)(H3,39,40)(H,41,49)(H,42,50)(H,43,48)(H,44,51). The van der Waals surface area contributed by atoms with Crippen molar-refractivity contribution < 1.29 is 19.2 Å². The molecular weight excluding hydrogens is 650 g/mol. The number of benzene rings is 1. The van der Waals surface area contributed by atoms with Gasteiger partial charge in [0.2, 0.25) is 0 Å². The Balaban J connectivity index is 1.53. The van der Waals surface area contributed by atoms with Gasteiger partial charge in [-0.15, -0.1) is 0 Å². The Bertz CT molecular complexity index is 1920. The van der Waals surface area contributed by atoms with Crippen molar-refractivity contribution in [2.75, 3.05) is 23.7 Å². The second-order valence-corrected chi connectivity index (χ2v) is 12.6. The van der Waals surface area contributed by atoms with Crippen LogP contribution < -0.4 is 32.7 Å². The minimum absolute atomic E-state index is 0.0193. The number of fused-ring (bicyclic) bond motifs is 1. The van der Waals surface area contributed by atoms with Crippen molar-refractivity contribution in [1.82, 2.24) is 24.3 Å². The number of nitrogens with two attached hydrogens (primary N) is 2. The van der Waals surface area contributed by atoms with Crippen LogP contribution in [0.1, 0.15) is 100 Å². The van der Waals surface area contributed by atoms with E-state index in [0.717, 1.165) is 36.6 Å². The van der Waals surface area contributed by atoms with Crippen LogP contribution in [0, 0.1) is 10.8 Å². The molecule has 0 aliphatic heterocycles. The van der Waals surface area contributed by atoms with Crippen molar-refractivity contribution in [2.45, 2.75) is 64.8 Å². The molecule has 272 valence electrons. The first kappa shape index (κ1) is 38.0. The highest BCUT2D eigenvalue weighted by atomic mass is 16.2. The quantitative estimate of drug-likeness (QED) is 0.0404. The lowest BCUT2D eigenvalue weighted by atomic mass is 10.1. The van der Waals surface area contributed by atoms with Gasteiger partial charge >= 0.3 is 0 Å². The fourth-order valence-corrected chi connectivity index (χ4v) is 5.81. The van der Waals surface area contributed by atoms with Gasteiger partial charge < -0.3 is 46.4 Å². The summed E-state index contributed by atoms with van der Waals surface area (Å²) in [4.78, 5) is 52.4. The van der Waals surface area contributed by atoms with E-state index in [0.29, 0.717) is 40.6 Å². The number of nitrogens with one attached hydrogen (secondary N) is 6. The number of hydrogen-bond acceptors (Lipinski definition) is 6. The van der Waals surface area contributed by atoms with E-state index in [2.05, 4.69) is 28.2 Å². The van der Waals surface area contributed by atoms with Crippen LogP contribution in [-0.4, -0.2) is 62.1 Å². The molecule has 15 heteroatoms. The molecule has 3 aromatic heterocycles. The summed E-state index contributed by atoms with van der Waals surface area (Å²) in [5.74, 6) is -1.46. The molecule has 0 saturated heterocycles. The first-order chi connectivity index (χ1) is 24.4. The van der Waals surface area contributed by atoms with E-state index in [4.69, 9.17) is 22.3 Å². The fourth-order valence-electron chi connectivity index (χ4n) is 5.81. The highest BCUT2D eigenvalue weighted by Gasteiger charge is 2.20. The summed E-state index contributed by atoms with van der Waals surface area (Å²) in [6.07, 6.45) is 10.3. The molecule has 15 nitrogen and oxygen atoms in total. The van der Waals surface area contributed by atoms with Crippen molar-refractivity contribution in [1.29, 1.82) is 10.8 Å². The fraction of sp³-hybridized carbons (Fsp3) is 0.389. The van der Waals surface area contributed by atoms with E-state index >= 15 is 0 Å². The zero-order chi connectivity index (χ0) is 37.1. The van der Waals surface area contributed by atoms with Crippen molar-refractivity contribution in [3.05, 3.63) is 71.4 Å². The van der Waals surface area contributed by atoms with Gasteiger partial charge in [0.15, 0.2) is 0 Å². The number of aryl methyl sites for hydroxylation is 3. The van der Waals surface area contributed by atoms with E-state index in [9.17, 15) is 19.2 Å². The molecule has 0 unspecified atom stereocenters. The molecule has 0 spiro atoms. The van der Waals surface area contributed by atoms with Crippen molar-refractivity contribution in [2.24, 2.45) is 25.6 Å². The summed E-state index contributed by atoms with van der Waals surface area (Å²) in [7, 11) is 3.40. The Morgan fingerprint density at radius 1 is 0.667 bits per heavy atom. The number of anilines is 2. The maximum atomic E-state index is 13.8. The summed E-state index contributed by atoms with van der Waals surface area (Å²) in [5.41, 5.74) is 13.9. The predicted molar refractivity (Wildman–Crippen MR) is 200 cm³/mol. The lowest BCUT2D eigenvalue weighted by molar-refractivity contribution is 0.0938. The number of amides is 4. The molecule has 10 N–H and O–H groups in total. The van der Waals surface area contributed by atoms with Crippen LogP contribution in [0.4, 0.5) is 11.4 Å². The van der Waals surface area contributed by atoms with Gasteiger partial charge in [0.05, 0.1) is 23.0 Å². The number of aromatic nitrogens is 3. The molecule has 0 bridgehead atoms. The van der Waals surface area contributed by atoms with Crippen LogP contribution in [0.3, 0.4) is 0 Å². The van der Waals surface area contributed by atoms with E-state index in [1.807, 2.05) is 10.6 Å². The molecule has 4 amide bonds. The van der Waals surface area contributed by atoms with Gasteiger partial charge in [-0.3, -0.25) is 30.0 Å². The van der Waals surface area contributed by atoms with E-state index in [1.54, 1.807) is 66.0 Å². The van der Waals surface area contributed by atoms with E-state index in [-0.39, 0.29) is 61.2 Å². The number of carbonyl (C=O) groups is 4. The number of amidine groups is 2. The molecule has 4 aromatic rings. The molecule has 0 aliphatic rings. The maximum absolute atomic E-state index is 13.8. The number of nitrogens with zero attached hydrogens (tertiary/aromatic N) is 3. The lowest BCUT2D eigenvalue weighted by Crippen LogP contribution is -2.28. The Kier molecular flexibility index (Phi) is 13.2. The van der Waals surface area contributed by atoms with Crippen LogP contribution in [-0.2, 0) is 20.6 Å². The molecule has 0 radical (unpaired) electrons. The molecule has 0 saturated carbocycles. The average molecular weight is 700 g/mol. The van der Waals surface area contributed by atoms with Gasteiger partial charge in [0, 0.05) is 75.4 Å². The maximum Gasteiger partial charge on any atom is 0.272 e. The number of unbranched alkanes of at least 4 members (excludes halogenated alkanes) is 5. The van der Waals surface area contributed by atoms with Gasteiger partial charge in [-0.05, 0) is 42.8 Å². The van der Waals surface area contributed by atoms with Crippen molar-refractivity contribution >= 4 is 57.6 Å². The van der Waals surface area contributed by atoms with Crippen LogP contribution in [0.15, 0.2) is 48.8 Å². The molecule has 0 fully saturated rings. The molecule has 4 rings (SSSR count). The molecule has 3 heterocycles. The third kappa shape index (κ3) is 10.3. The first-order valence-corrected chi connectivity index (χ1v) is 17.2. The monoisotopic (exact) mass is 699 g/mol. The van der Waals surface area contributed by atoms with Crippen LogP contribution >= 0.6 is 0 Å². The van der Waals surface area contributed by atoms with E-state index < -0.39 is 0 Å². The first-order valence-electron chi connectivity index (χ1n) is 17.2. The minimum atomic E-state index is -0.376. The summed E-state index contributed by atoms with van der Waals surface area (Å²) >= 11 is 0. The third-order valence-corrected chi connectivity index (χ3v) is 8.48. The number of hydrogen-bond donors (Lipinski definition) is 8. The SMILES string of the molecule is CCCCCCCCn1c(C(=O)Nc2cc(C(=O)NCCC(=N)N)n(C)c2)cc2cc(C(=O)Nc3cc(C(=O)NCCC(=N)N)n(C)c3)ccc21. The molecule has 51 heavy (non-hydrogen) atoms. The Hall–Kier alpha value is -5.86. The molecular formula is C36H49N11O4. The zero-order valence-corrected chi connectivity index (χ0v) is 29.5. The predicted octanol–water partition coefficient (Wildman–Crippen LogP) is 4.30. The van der Waals surface area contributed by atoms with Gasteiger partial charge in [-0.1, -0.05) is 39.0 Å².